The van der Waals surface area contributed by atoms with Gasteiger partial charge in [-0.05, 0) is 68.9 Å². The van der Waals surface area contributed by atoms with Crippen LogP contribution in [0.25, 0.3) is 11.4 Å². The minimum absolute atomic E-state index is 0.445. The first-order chi connectivity index (χ1) is 19.5. The minimum atomic E-state index is -5.08. The number of carboxylic acids is 1. The average molecular weight is 579 g/mol. The summed E-state index contributed by atoms with van der Waals surface area (Å²) in [6.45, 7) is 3.44. The Morgan fingerprint density at radius 3 is 2.24 bits per heavy atom. The van der Waals surface area contributed by atoms with Gasteiger partial charge >= 0.3 is 24.0 Å². The quantitative estimate of drug-likeness (QED) is 0.185. The van der Waals surface area contributed by atoms with Crippen molar-refractivity contribution in [2.45, 2.75) is 32.0 Å². The molecule has 0 aliphatic carbocycles. The van der Waals surface area contributed by atoms with E-state index in [4.69, 9.17) is 15.6 Å². The van der Waals surface area contributed by atoms with Gasteiger partial charge in [-0.15, -0.1) is 10.2 Å². The Morgan fingerprint density at radius 1 is 1.00 bits per heavy atom. The van der Waals surface area contributed by atoms with Gasteiger partial charge < -0.3 is 26.4 Å². The number of aliphatic carboxylic acids is 1. The molecule has 2 aromatic carbocycles. The second-order valence-electron chi connectivity index (χ2n) is 8.83. The highest BCUT2D eigenvalue weighted by Gasteiger charge is 2.38. The molecule has 0 saturated heterocycles. The molecule has 0 fully saturated rings. The van der Waals surface area contributed by atoms with Crippen LogP contribution in [0.3, 0.4) is 0 Å². The molecule has 3 aromatic rings. The van der Waals surface area contributed by atoms with E-state index in [1.54, 1.807) is 16.9 Å². The largest absolute Gasteiger partial charge is 0.490 e. The molecule has 1 aromatic heterocycles. The lowest BCUT2D eigenvalue weighted by Gasteiger charge is -2.15. The molecule has 0 unspecified atom stereocenters. The van der Waals surface area contributed by atoms with Crippen LogP contribution in [0.2, 0.25) is 0 Å². The van der Waals surface area contributed by atoms with Crippen molar-refractivity contribution in [2.24, 2.45) is 5.73 Å². The SMILES string of the molecule is CN(CCCN)CCCNC(=O)C(=O)Nc1ccc(CCn2nnc(-c3ccccc3)n2)cc1.O=C(O)C(F)(F)F. The summed E-state index contributed by atoms with van der Waals surface area (Å²) in [5.74, 6) is -3.48. The number of nitrogens with zero attached hydrogens (tertiary/aromatic N) is 5. The van der Waals surface area contributed by atoms with E-state index in [0.29, 0.717) is 37.6 Å². The predicted octanol–water partition coefficient (Wildman–Crippen LogP) is 1.94. The number of carbonyl (C=O) groups excluding carboxylic acids is 2. The van der Waals surface area contributed by atoms with Gasteiger partial charge in [0.1, 0.15) is 0 Å². The Balaban J connectivity index is 0.000000745. The number of amides is 2. The van der Waals surface area contributed by atoms with Crippen LogP contribution < -0.4 is 16.4 Å². The van der Waals surface area contributed by atoms with Gasteiger partial charge in [-0.1, -0.05) is 42.5 Å². The monoisotopic (exact) mass is 578 g/mol. The smallest absolute Gasteiger partial charge is 0.475 e. The van der Waals surface area contributed by atoms with Crippen LogP contribution in [-0.4, -0.2) is 87.4 Å². The molecule has 1 heterocycles. The van der Waals surface area contributed by atoms with Crippen molar-refractivity contribution in [3.05, 3.63) is 60.2 Å². The fourth-order valence-corrected chi connectivity index (χ4v) is 3.32. The molecule has 15 heteroatoms. The molecule has 12 nitrogen and oxygen atoms in total. The van der Waals surface area contributed by atoms with Crippen molar-refractivity contribution in [1.82, 2.24) is 30.4 Å². The van der Waals surface area contributed by atoms with E-state index in [1.807, 2.05) is 49.5 Å². The Morgan fingerprint density at radius 2 is 1.63 bits per heavy atom. The van der Waals surface area contributed by atoms with Crippen LogP contribution in [-0.2, 0) is 27.3 Å². The number of nitrogens with one attached hydrogen (secondary N) is 2. The van der Waals surface area contributed by atoms with E-state index in [-0.39, 0.29) is 0 Å². The molecule has 0 atom stereocenters. The Hall–Kier alpha value is -4.37. The standard InChI is InChI=1S/C24H32N8O2.C2HF3O2/c1-31(16-5-14-25)17-6-15-26-23(33)24(34)27-21-11-9-19(10-12-21)13-18-32-29-22(28-30-32)20-7-3-2-4-8-20;3-2(4,5)1(6)7/h2-4,7-12H,5-6,13-18,25H2,1H3,(H,26,33)(H,27,34);(H,6,7). The maximum atomic E-state index is 12.1. The lowest BCUT2D eigenvalue weighted by molar-refractivity contribution is -0.192. The first-order valence-electron chi connectivity index (χ1n) is 12.7. The number of benzene rings is 2. The van der Waals surface area contributed by atoms with Crippen LogP contribution in [0.5, 0.6) is 0 Å². The number of hydrogen-bond acceptors (Lipinski definition) is 8. The van der Waals surface area contributed by atoms with Gasteiger partial charge in [0.2, 0.25) is 5.82 Å². The third-order valence-corrected chi connectivity index (χ3v) is 5.49. The number of anilines is 1. The molecular weight excluding hydrogens is 545 g/mol. The number of rotatable bonds is 12. The molecule has 0 saturated carbocycles. The average Bonchev–Trinajstić information content (AvgIpc) is 3.43. The summed E-state index contributed by atoms with van der Waals surface area (Å²) >= 11 is 0. The Labute approximate surface area is 234 Å². The van der Waals surface area contributed by atoms with E-state index in [0.717, 1.165) is 37.1 Å². The molecule has 222 valence electrons. The van der Waals surface area contributed by atoms with E-state index >= 15 is 0 Å². The molecule has 0 radical (unpaired) electrons. The Kier molecular flexibility index (Phi) is 13.4. The number of carboxylic acid groups (broad SMARTS) is 1. The maximum Gasteiger partial charge on any atom is 0.490 e. The molecule has 0 aliphatic heterocycles. The number of tetrazole rings is 1. The number of hydrogen-bond donors (Lipinski definition) is 4. The zero-order valence-electron chi connectivity index (χ0n) is 22.5. The minimum Gasteiger partial charge on any atom is -0.475 e. The molecule has 41 heavy (non-hydrogen) atoms. The van der Waals surface area contributed by atoms with Crippen molar-refractivity contribution in [2.75, 3.05) is 38.5 Å². The van der Waals surface area contributed by atoms with Crippen molar-refractivity contribution in [3.8, 4) is 11.4 Å². The highest BCUT2D eigenvalue weighted by molar-refractivity contribution is 6.39. The second kappa shape index (κ2) is 16.7. The maximum absolute atomic E-state index is 12.1. The van der Waals surface area contributed by atoms with E-state index in [2.05, 4.69) is 30.9 Å². The molecule has 0 bridgehead atoms. The first-order valence-corrected chi connectivity index (χ1v) is 12.7. The van der Waals surface area contributed by atoms with E-state index < -0.39 is 24.0 Å². The predicted molar refractivity (Wildman–Crippen MR) is 145 cm³/mol. The fraction of sp³-hybridized carbons (Fsp3) is 0.385. The molecule has 5 N–H and O–H groups in total. The highest BCUT2D eigenvalue weighted by atomic mass is 19.4. The van der Waals surface area contributed by atoms with Crippen LogP contribution in [0.1, 0.15) is 18.4 Å². The number of aromatic nitrogens is 4. The van der Waals surface area contributed by atoms with Gasteiger partial charge in [0.05, 0.1) is 6.54 Å². The van der Waals surface area contributed by atoms with E-state index in [9.17, 15) is 22.8 Å². The summed E-state index contributed by atoms with van der Waals surface area (Å²) in [6, 6.07) is 17.1. The number of alkyl halides is 3. The fourth-order valence-electron chi connectivity index (χ4n) is 3.32. The molecule has 0 aliphatic rings. The summed E-state index contributed by atoms with van der Waals surface area (Å²) in [7, 11) is 2.01. The molecule has 2 amide bonds. The van der Waals surface area contributed by atoms with Crippen molar-refractivity contribution < 1.29 is 32.7 Å². The summed E-state index contributed by atoms with van der Waals surface area (Å²) in [4.78, 5) is 36.8. The van der Waals surface area contributed by atoms with Crippen LogP contribution in [0.4, 0.5) is 18.9 Å². The van der Waals surface area contributed by atoms with Gasteiger partial charge in [0, 0.05) is 17.8 Å². The van der Waals surface area contributed by atoms with Crippen molar-refractivity contribution in [3.63, 3.8) is 0 Å². The third-order valence-electron chi connectivity index (χ3n) is 5.49. The zero-order chi connectivity index (χ0) is 30.3. The van der Waals surface area contributed by atoms with Gasteiger partial charge in [-0.2, -0.15) is 18.0 Å². The van der Waals surface area contributed by atoms with Gasteiger partial charge in [0.25, 0.3) is 0 Å². The zero-order valence-corrected chi connectivity index (χ0v) is 22.5. The lowest BCUT2D eigenvalue weighted by atomic mass is 10.1. The molecule has 3 rings (SSSR count). The van der Waals surface area contributed by atoms with Gasteiger partial charge in [-0.25, -0.2) is 4.79 Å². The normalized spacial score (nSPS) is 11.0. The molecular formula is C26H33F3N8O4. The summed E-state index contributed by atoms with van der Waals surface area (Å²) in [5.41, 5.74) is 8.04. The summed E-state index contributed by atoms with van der Waals surface area (Å²) in [6.07, 6.45) is -2.67. The summed E-state index contributed by atoms with van der Waals surface area (Å²) in [5, 5.41) is 25.0. The van der Waals surface area contributed by atoms with E-state index in [1.165, 1.54) is 0 Å². The van der Waals surface area contributed by atoms with Crippen LogP contribution >= 0.6 is 0 Å². The van der Waals surface area contributed by atoms with Crippen molar-refractivity contribution in [1.29, 1.82) is 0 Å². The van der Waals surface area contributed by atoms with Crippen LogP contribution in [0.15, 0.2) is 54.6 Å². The molecule has 0 spiro atoms. The first kappa shape index (κ1) is 32.8. The van der Waals surface area contributed by atoms with Crippen LogP contribution in [0, 0.1) is 0 Å². The van der Waals surface area contributed by atoms with Gasteiger partial charge in [-0.3, -0.25) is 9.59 Å². The van der Waals surface area contributed by atoms with Gasteiger partial charge in [0.15, 0.2) is 0 Å². The third kappa shape index (κ3) is 12.6. The lowest BCUT2D eigenvalue weighted by Crippen LogP contribution is -2.37. The second-order valence-corrected chi connectivity index (χ2v) is 8.83. The Bertz CT molecular complexity index is 1240. The number of nitrogens with two attached hydrogens (primary N) is 1. The number of carbonyl (C=O) groups is 3. The number of halogens is 3. The summed E-state index contributed by atoms with van der Waals surface area (Å²) < 4.78 is 31.7. The highest BCUT2D eigenvalue weighted by Crippen LogP contribution is 2.14. The van der Waals surface area contributed by atoms with Crippen molar-refractivity contribution >= 4 is 23.5 Å². The topological polar surface area (TPSA) is 168 Å². The number of aryl methyl sites for hydroxylation is 2.